The third-order valence-corrected chi connectivity index (χ3v) is 4.49. The molecule has 90 valence electrons. The van der Waals surface area contributed by atoms with Gasteiger partial charge in [-0.25, -0.2) is 4.98 Å². The number of nitrogens with one attached hydrogen (secondary N) is 1. The molecule has 2 rings (SSSR count). The highest BCUT2D eigenvalue weighted by atomic mass is 32.1. The molecule has 0 amide bonds. The van der Waals surface area contributed by atoms with Gasteiger partial charge in [0.15, 0.2) is 0 Å². The lowest BCUT2D eigenvalue weighted by Gasteiger charge is -2.23. The Hall–Kier alpha value is -0.410. The number of hydrogen-bond acceptors (Lipinski definition) is 3. The first-order chi connectivity index (χ1) is 7.79. The van der Waals surface area contributed by atoms with Crippen molar-refractivity contribution < 1.29 is 0 Å². The van der Waals surface area contributed by atoms with Crippen molar-refractivity contribution in [3.8, 4) is 0 Å². The highest BCUT2D eigenvalue weighted by molar-refractivity contribution is 7.09. The van der Waals surface area contributed by atoms with Crippen LogP contribution in [0.3, 0.4) is 0 Å². The summed E-state index contributed by atoms with van der Waals surface area (Å²) >= 11 is 1.81. The summed E-state index contributed by atoms with van der Waals surface area (Å²) in [5.74, 6) is 0.879. The minimum atomic E-state index is 0.651. The molecule has 0 aliphatic heterocycles. The van der Waals surface area contributed by atoms with Crippen LogP contribution in [0, 0.1) is 12.8 Å². The number of aryl methyl sites for hydroxylation is 1. The van der Waals surface area contributed by atoms with E-state index in [-0.39, 0.29) is 0 Å². The van der Waals surface area contributed by atoms with Crippen molar-refractivity contribution in [2.75, 3.05) is 6.54 Å². The van der Waals surface area contributed by atoms with E-state index in [1.165, 1.54) is 36.4 Å². The minimum absolute atomic E-state index is 0.651. The Balaban J connectivity index is 1.96. The van der Waals surface area contributed by atoms with Gasteiger partial charge in [0.05, 0.1) is 5.01 Å². The molecule has 2 nitrogen and oxygen atoms in total. The standard InChI is InChI=1S/C13H22N2S/c1-3-14-12(11-6-4-5-7-11)8-13-15-10(2)9-16-13/h9,11-12,14H,3-8H2,1-2H3. The van der Waals surface area contributed by atoms with E-state index in [0.717, 1.165) is 18.9 Å². The average molecular weight is 238 g/mol. The van der Waals surface area contributed by atoms with E-state index in [0.29, 0.717) is 6.04 Å². The van der Waals surface area contributed by atoms with Crippen LogP contribution in [-0.4, -0.2) is 17.6 Å². The third kappa shape index (κ3) is 3.05. The maximum absolute atomic E-state index is 4.58. The topological polar surface area (TPSA) is 24.9 Å². The molecule has 1 unspecified atom stereocenters. The summed E-state index contributed by atoms with van der Waals surface area (Å²) in [7, 11) is 0. The lowest BCUT2D eigenvalue weighted by Crippen LogP contribution is -2.36. The highest BCUT2D eigenvalue weighted by Crippen LogP contribution is 2.29. The molecule has 0 aromatic carbocycles. The summed E-state index contributed by atoms with van der Waals surface area (Å²) in [5, 5.41) is 7.11. The number of hydrogen-bond donors (Lipinski definition) is 1. The highest BCUT2D eigenvalue weighted by Gasteiger charge is 2.25. The van der Waals surface area contributed by atoms with Crippen LogP contribution in [-0.2, 0) is 6.42 Å². The number of aromatic nitrogens is 1. The molecule has 1 saturated carbocycles. The number of likely N-dealkylation sites (N-methyl/N-ethyl adjacent to an activating group) is 1. The van der Waals surface area contributed by atoms with Crippen LogP contribution in [0.5, 0.6) is 0 Å². The lowest BCUT2D eigenvalue weighted by molar-refractivity contribution is 0.362. The number of thiazole rings is 1. The predicted molar refractivity (Wildman–Crippen MR) is 70.0 cm³/mol. The van der Waals surface area contributed by atoms with Gasteiger partial charge >= 0.3 is 0 Å². The predicted octanol–water partition coefficient (Wildman–Crippen LogP) is 3.16. The van der Waals surface area contributed by atoms with Crippen LogP contribution < -0.4 is 5.32 Å². The SMILES string of the molecule is CCNC(Cc1nc(C)cs1)C1CCCC1. The zero-order valence-corrected chi connectivity index (χ0v) is 11.1. The van der Waals surface area contributed by atoms with Crippen LogP contribution >= 0.6 is 11.3 Å². The van der Waals surface area contributed by atoms with Crippen LogP contribution in [0.1, 0.15) is 43.3 Å². The molecule has 0 radical (unpaired) electrons. The van der Waals surface area contributed by atoms with E-state index in [2.05, 4.69) is 29.5 Å². The molecule has 1 fully saturated rings. The Morgan fingerprint density at radius 1 is 1.50 bits per heavy atom. The minimum Gasteiger partial charge on any atom is -0.314 e. The Kier molecular flexibility index (Phi) is 4.36. The lowest BCUT2D eigenvalue weighted by atomic mass is 9.95. The molecule has 16 heavy (non-hydrogen) atoms. The molecular weight excluding hydrogens is 216 g/mol. The Bertz CT molecular complexity index is 315. The van der Waals surface area contributed by atoms with Gasteiger partial charge in [-0.05, 0) is 32.2 Å². The third-order valence-electron chi connectivity index (χ3n) is 3.50. The van der Waals surface area contributed by atoms with E-state index in [9.17, 15) is 0 Å². The molecular formula is C13H22N2S. The van der Waals surface area contributed by atoms with Crippen molar-refractivity contribution in [2.45, 2.75) is 52.0 Å². The number of nitrogens with zero attached hydrogens (tertiary/aromatic N) is 1. The summed E-state index contributed by atoms with van der Waals surface area (Å²) < 4.78 is 0. The van der Waals surface area contributed by atoms with Crippen LogP contribution in [0.4, 0.5) is 0 Å². The molecule has 0 spiro atoms. The van der Waals surface area contributed by atoms with Gasteiger partial charge in [0.1, 0.15) is 0 Å². The molecule has 1 aromatic rings. The first-order valence-electron chi connectivity index (χ1n) is 6.44. The summed E-state index contributed by atoms with van der Waals surface area (Å²) in [5.41, 5.74) is 1.17. The Morgan fingerprint density at radius 3 is 2.81 bits per heavy atom. The second-order valence-electron chi connectivity index (χ2n) is 4.80. The molecule has 1 N–H and O–H groups in total. The normalized spacial score (nSPS) is 19.1. The van der Waals surface area contributed by atoms with Crippen molar-refractivity contribution in [1.82, 2.24) is 10.3 Å². The van der Waals surface area contributed by atoms with Crippen molar-refractivity contribution in [2.24, 2.45) is 5.92 Å². The van der Waals surface area contributed by atoms with E-state index in [4.69, 9.17) is 0 Å². The van der Waals surface area contributed by atoms with Crippen LogP contribution in [0.15, 0.2) is 5.38 Å². The van der Waals surface area contributed by atoms with Gasteiger partial charge < -0.3 is 5.32 Å². The first-order valence-corrected chi connectivity index (χ1v) is 7.32. The quantitative estimate of drug-likeness (QED) is 0.852. The van der Waals surface area contributed by atoms with E-state index < -0.39 is 0 Å². The maximum Gasteiger partial charge on any atom is 0.0943 e. The molecule has 1 aliphatic carbocycles. The van der Waals surface area contributed by atoms with Crippen LogP contribution in [0.2, 0.25) is 0 Å². The van der Waals surface area contributed by atoms with Crippen molar-refractivity contribution in [3.05, 3.63) is 16.1 Å². The molecule has 1 aromatic heterocycles. The number of rotatable bonds is 5. The van der Waals surface area contributed by atoms with E-state index in [1.807, 2.05) is 11.3 Å². The Morgan fingerprint density at radius 2 is 2.25 bits per heavy atom. The fourth-order valence-corrected chi connectivity index (χ4v) is 3.54. The van der Waals surface area contributed by atoms with Gasteiger partial charge in [-0.2, -0.15) is 0 Å². The molecule has 3 heteroatoms. The van der Waals surface area contributed by atoms with Gasteiger partial charge in [-0.1, -0.05) is 19.8 Å². The molecule has 1 heterocycles. The summed E-state index contributed by atoms with van der Waals surface area (Å²) in [6.45, 7) is 5.36. The monoisotopic (exact) mass is 238 g/mol. The van der Waals surface area contributed by atoms with E-state index in [1.54, 1.807) is 0 Å². The largest absolute Gasteiger partial charge is 0.314 e. The molecule has 0 saturated heterocycles. The average Bonchev–Trinajstić information content (AvgIpc) is 2.88. The maximum atomic E-state index is 4.58. The fourth-order valence-electron chi connectivity index (χ4n) is 2.71. The summed E-state index contributed by atoms with van der Waals surface area (Å²) in [6.07, 6.45) is 6.77. The van der Waals surface area contributed by atoms with Crippen molar-refractivity contribution >= 4 is 11.3 Å². The van der Waals surface area contributed by atoms with Gasteiger partial charge in [0.25, 0.3) is 0 Å². The van der Waals surface area contributed by atoms with E-state index >= 15 is 0 Å². The molecule has 1 atom stereocenters. The van der Waals surface area contributed by atoms with Gasteiger partial charge in [0, 0.05) is 23.5 Å². The van der Waals surface area contributed by atoms with Crippen molar-refractivity contribution in [3.63, 3.8) is 0 Å². The first kappa shape index (κ1) is 12.1. The zero-order valence-electron chi connectivity index (χ0n) is 10.3. The molecule has 0 bridgehead atoms. The summed E-state index contributed by atoms with van der Waals surface area (Å²) in [4.78, 5) is 4.58. The molecule has 1 aliphatic rings. The summed E-state index contributed by atoms with van der Waals surface area (Å²) in [6, 6.07) is 0.651. The second kappa shape index (κ2) is 5.78. The fraction of sp³-hybridized carbons (Fsp3) is 0.769. The zero-order chi connectivity index (χ0) is 11.4. The van der Waals surface area contributed by atoms with Gasteiger partial charge in [0.2, 0.25) is 0 Å². The van der Waals surface area contributed by atoms with Gasteiger partial charge in [-0.15, -0.1) is 11.3 Å². The Labute approximate surface area is 102 Å². The van der Waals surface area contributed by atoms with Crippen molar-refractivity contribution in [1.29, 1.82) is 0 Å². The second-order valence-corrected chi connectivity index (χ2v) is 5.74. The smallest absolute Gasteiger partial charge is 0.0943 e. The van der Waals surface area contributed by atoms with Crippen LogP contribution in [0.25, 0.3) is 0 Å². The van der Waals surface area contributed by atoms with Gasteiger partial charge in [-0.3, -0.25) is 0 Å².